The quantitative estimate of drug-likeness (QED) is 0.688. The Balaban J connectivity index is 1.61. The standard InChI is InChI=1S/C21H25FN2O5S/c1-28-19-10-9-17(14-20(19)29-2)30(26,27)23-12-11-21(25)24-13-3-4-18(24)15-5-7-16(22)8-6-15/h5-10,14,18,23H,3-4,11-13H2,1-2H3. The first-order valence-corrected chi connectivity index (χ1v) is 11.1. The second-order valence-corrected chi connectivity index (χ2v) is 8.73. The minimum Gasteiger partial charge on any atom is -0.493 e. The maximum absolute atomic E-state index is 13.2. The molecule has 30 heavy (non-hydrogen) atoms. The molecule has 1 atom stereocenters. The zero-order chi connectivity index (χ0) is 21.7. The minimum absolute atomic E-state index is 0.0256. The number of carbonyl (C=O) groups excluding carboxylic acids is 1. The summed E-state index contributed by atoms with van der Waals surface area (Å²) in [5.41, 5.74) is 0.883. The molecule has 3 rings (SSSR count). The van der Waals surface area contributed by atoms with E-state index in [1.807, 2.05) is 0 Å². The lowest BCUT2D eigenvalue weighted by Crippen LogP contribution is -2.34. The molecule has 162 valence electrons. The molecule has 0 aliphatic carbocycles. The van der Waals surface area contributed by atoms with Crippen LogP contribution in [0.5, 0.6) is 11.5 Å². The normalized spacial score (nSPS) is 16.5. The lowest BCUT2D eigenvalue weighted by atomic mass is 10.0. The second kappa shape index (κ2) is 9.44. The summed E-state index contributed by atoms with van der Waals surface area (Å²) >= 11 is 0. The number of amides is 1. The van der Waals surface area contributed by atoms with Gasteiger partial charge in [0.05, 0.1) is 25.2 Å². The van der Waals surface area contributed by atoms with Crippen molar-refractivity contribution in [1.29, 1.82) is 0 Å². The van der Waals surface area contributed by atoms with Crippen molar-refractivity contribution in [2.75, 3.05) is 27.3 Å². The molecule has 9 heteroatoms. The first kappa shape index (κ1) is 22.0. The molecule has 1 aliphatic heterocycles. The van der Waals surface area contributed by atoms with E-state index in [4.69, 9.17) is 9.47 Å². The van der Waals surface area contributed by atoms with E-state index in [2.05, 4.69) is 4.72 Å². The number of nitrogens with zero attached hydrogens (tertiary/aromatic N) is 1. The number of sulfonamides is 1. The second-order valence-electron chi connectivity index (χ2n) is 6.96. The Morgan fingerprint density at radius 2 is 1.83 bits per heavy atom. The van der Waals surface area contributed by atoms with E-state index in [0.29, 0.717) is 18.0 Å². The number of nitrogens with one attached hydrogen (secondary N) is 1. The number of hydrogen-bond donors (Lipinski definition) is 1. The van der Waals surface area contributed by atoms with Crippen LogP contribution in [0.25, 0.3) is 0 Å². The summed E-state index contributed by atoms with van der Waals surface area (Å²) in [7, 11) is -0.915. The molecular weight excluding hydrogens is 411 g/mol. The number of likely N-dealkylation sites (tertiary alicyclic amines) is 1. The molecule has 1 saturated heterocycles. The number of rotatable bonds is 8. The van der Waals surface area contributed by atoms with Crippen LogP contribution < -0.4 is 14.2 Å². The van der Waals surface area contributed by atoms with Crippen molar-refractivity contribution in [3.05, 3.63) is 53.8 Å². The van der Waals surface area contributed by atoms with Crippen molar-refractivity contribution >= 4 is 15.9 Å². The summed E-state index contributed by atoms with van der Waals surface area (Å²) in [6.45, 7) is 0.575. The van der Waals surface area contributed by atoms with Crippen LogP contribution in [0.15, 0.2) is 47.4 Å². The predicted octanol–water partition coefficient (Wildman–Crippen LogP) is 2.88. The predicted molar refractivity (Wildman–Crippen MR) is 109 cm³/mol. The summed E-state index contributed by atoms with van der Waals surface area (Å²) in [5.74, 6) is 0.263. The smallest absolute Gasteiger partial charge is 0.240 e. The number of halogens is 1. The molecule has 2 aromatic rings. The average molecular weight is 437 g/mol. The van der Waals surface area contributed by atoms with Gasteiger partial charge in [-0.2, -0.15) is 0 Å². The molecule has 2 aromatic carbocycles. The first-order valence-electron chi connectivity index (χ1n) is 9.62. The van der Waals surface area contributed by atoms with Crippen LogP contribution >= 0.6 is 0 Å². The van der Waals surface area contributed by atoms with Crippen molar-refractivity contribution in [2.24, 2.45) is 0 Å². The van der Waals surface area contributed by atoms with Crippen molar-refractivity contribution < 1.29 is 27.1 Å². The number of methoxy groups -OCH3 is 2. The fourth-order valence-electron chi connectivity index (χ4n) is 3.60. The lowest BCUT2D eigenvalue weighted by Gasteiger charge is -2.25. The molecule has 1 amide bonds. The van der Waals surface area contributed by atoms with Gasteiger partial charge in [-0.1, -0.05) is 12.1 Å². The zero-order valence-electron chi connectivity index (χ0n) is 16.9. The summed E-state index contributed by atoms with van der Waals surface area (Å²) in [4.78, 5) is 14.4. The third-order valence-corrected chi connectivity index (χ3v) is 6.58. The largest absolute Gasteiger partial charge is 0.493 e. The Bertz CT molecular complexity index is 995. The van der Waals surface area contributed by atoms with E-state index in [1.165, 1.54) is 44.6 Å². The Hall–Kier alpha value is -2.65. The fraction of sp³-hybridized carbons (Fsp3) is 0.381. The Morgan fingerprint density at radius 3 is 2.50 bits per heavy atom. The summed E-state index contributed by atoms with van der Waals surface area (Å²) < 4.78 is 51.0. The van der Waals surface area contributed by atoms with Crippen molar-refractivity contribution in [3.8, 4) is 11.5 Å². The molecule has 0 saturated carbocycles. The molecule has 0 bridgehead atoms. The average Bonchev–Trinajstić information content (AvgIpc) is 3.23. The van der Waals surface area contributed by atoms with E-state index in [1.54, 1.807) is 17.0 Å². The minimum atomic E-state index is -3.81. The Kier molecular flexibility index (Phi) is 6.94. The van der Waals surface area contributed by atoms with Gasteiger partial charge < -0.3 is 14.4 Å². The topological polar surface area (TPSA) is 84.9 Å². The van der Waals surface area contributed by atoms with Crippen LogP contribution in [0.4, 0.5) is 4.39 Å². The maximum atomic E-state index is 13.2. The van der Waals surface area contributed by atoms with E-state index in [0.717, 1.165) is 18.4 Å². The van der Waals surface area contributed by atoms with Crippen LogP contribution in [0.3, 0.4) is 0 Å². The van der Waals surface area contributed by atoms with Gasteiger partial charge >= 0.3 is 0 Å². The van der Waals surface area contributed by atoms with Gasteiger partial charge in [0.25, 0.3) is 0 Å². The van der Waals surface area contributed by atoms with E-state index < -0.39 is 10.0 Å². The van der Waals surface area contributed by atoms with Crippen molar-refractivity contribution in [3.63, 3.8) is 0 Å². The summed E-state index contributed by atoms with van der Waals surface area (Å²) in [6, 6.07) is 10.3. The summed E-state index contributed by atoms with van der Waals surface area (Å²) in [5, 5.41) is 0. The van der Waals surface area contributed by atoms with E-state index in [9.17, 15) is 17.6 Å². The molecule has 0 radical (unpaired) electrons. The molecule has 1 N–H and O–H groups in total. The van der Waals surface area contributed by atoms with Gasteiger partial charge in [0.1, 0.15) is 5.82 Å². The molecule has 1 fully saturated rings. The van der Waals surface area contributed by atoms with Crippen LogP contribution in [0.1, 0.15) is 30.9 Å². The van der Waals surface area contributed by atoms with Crippen molar-refractivity contribution in [1.82, 2.24) is 9.62 Å². The fourth-order valence-corrected chi connectivity index (χ4v) is 4.65. The lowest BCUT2D eigenvalue weighted by molar-refractivity contribution is -0.131. The Labute approximate surface area is 175 Å². The third-order valence-electron chi connectivity index (χ3n) is 5.12. The van der Waals surface area contributed by atoms with Gasteiger partial charge in [0, 0.05) is 25.6 Å². The van der Waals surface area contributed by atoms with Gasteiger partial charge in [-0.05, 0) is 42.7 Å². The van der Waals surface area contributed by atoms with Crippen molar-refractivity contribution in [2.45, 2.75) is 30.2 Å². The zero-order valence-corrected chi connectivity index (χ0v) is 17.7. The van der Waals surface area contributed by atoms with Crippen LogP contribution in [0, 0.1) is 5.82 Å². The highest BCUT2D eigenvalue weighted by Crippen LogP contribution is 2.32. The molecule has 1 aliphatic rings. The highest BCUT2D eigenvalue weighted by molar-refractivity contribution is 7.89. The number of hydrogen-bond acceptors (Lipinski definition) is 5. The van der Waals surface area contributed by atoms with Gasteiger partial charge in [-0.25, -0.2) is 17.5 Å². The number of carbonyl (C=O) groups is 1. The van der Waals surface area contributed by atoms with Crippen LogP contribution in [0.2, 0.25) is 0 Å². The Morgan fingerprint density at radius 1 is 1.13 bits per heavy atom. The maximum Gasteiger partial charge on any atom is 0.240 e. The van der Waals surface area contributed by atoms with Gasteiger partial charge in [-0.3, -0.25) is 4.79 Å². The molecule has 0 aromatic heterocycles. The molecule has 1 unspecified atom stereocenters. The van der Waals surface area contributed by atoms with E-state index >= 15 is 0 Å². The SMILES string of the molecule is COc1ccc(S(=O)(=O)NCCC(=O)N2CCCC2c2ccc(F)cc2)cc1OC. The van der Waals surface area contributed by atoms with Gasteiger partial charge in [-0.15, -0.1) is 0 Å². The third kappa shape index (κ3) is 4.91. The van der Waals surface area contributed by atoms with Gasteiger partial charge in [0.15, 0.2) is 11.5 Å². The molecule has 1 heterocycles. The van der Waals surface area contributed by atoms with Crippen LogP contribution in [-0.2, 0) is 14.8 Å². The highest BCUT2D eigenvalue weighted by atomic mass is 32.2. The molecule has 0 spiro atoms. The molecular formula is C21H25FN2O5S. The summed E-state index contributed by atoms with van der Waals surface area (Å²) in [6.07, 6.45) is 1.68. The van der Waals surface area contributed by atoms with Gasteiger partial charge in [0.2, 0.25) is 15.9 Å². The highest BCUT2D eigenvalue weighted by Gasteiger charge is 2.29. The molecule has 7 nitrogen and oxygen atoms in total. The monoisotopic (exact) mass is 436 g/mol. The number of ether oxygens (including phenoxy) is 2. The van der Waals surface area contributed by atoms with Crippen LogP contribution in [-0.4, -0.2) is 46.5 Å². The first-order chi connectivity index (χ1) is 14.4. The van der Waals surface area contributed by atoms with E-state index in [-0.39, 0.29) is 35.6 Å². The number of benzene rings is 2.